The molecule has 0 aliphatic carbocycles. The van der Waals surface area contributed by atoms with Crippen molar-refractivity contribution in [3.63, 3.8) is 0 Å². The summed E-state index contributed by atoms with van der Waals surface area (Å²) in [6.45, 7) is 0.675. The number of nitrogens with one attached hydrogen (secondary N) is 1. The molecule has 0 bridgehead atoms. The van der Waals surface area contributed by atoms with E-state index in [0.29, 0.717) is 12.5 Å². The van der Waals surface area contributed by atoms with Gasteiger partial charge in [-0.15, -0.1) is 0 Å². The van der Waals surface area contributed by atoms with Gasteiger partial charge in [-0.3, -0.25) is 0 Å². The van der Waals surface area contributed by atoms with Crippen LogP contribution in [0.4, 0.5) is 5.95 Å². The minimum atomic E-state index is -1.82. The van der Waals surface area contributed by atoms with Gasteiger partial charge in [0, 0.05) is 6.54 Å². The number of carboxylic acid groups (broad SMARTS) is 2. The van der Waals surface area contributed by atoms with E-state index in [2.05, 4.69) is 20.3 Å². The van der Waals surface area contributed by atoms with Gasteiger partial charge in [0.25, 0.3) is 0 Å². The summed E-state index contributed by atoms with van der Waals surface area (Å²) in [5, 5.41) is 17.9. The molecule has 1 aromatic carbocycles. The molecule has 22 heavy (non-hydrogen) atoms. The Morgan fingerprint density at radius 1 is 1.09 bits per heavy atom. The first-order valence-electron chi connectivity index (χ1n) is 5.98. The number of hydrogen-bond donors (Lipinski definition) is 3. The Labute approximate surface area is 125 Å². The smallest absolute Gasteiger partial charge is 0.414 e. The van der Waals surface area contributed by atoms with E-state index in [1.807, 2.05) is 24.3 Å². The van der Waals surface area contributed by atoms with Crippen molar-refractivity contribution in [3.05, 3.63) is 42.5 Å². The van der Waals surface area contributed by atoms with Crippen LogP contribution in [-0.4, -0.2) is 44.2 Å². The third-order valence-corrected chi connectivity index (χ3v) is 2.29. The van der Waals surface area contributed by atoms with Crippen molar-refractivity contribution in [2.45, 2.75) is 6.54 Å². The number of ether oxygens (including phenoxy) is 1. The van der Waals surface area contributed by atoms with E-state index in [1.165, 1.54) is 12.7 Å². The highest BCUT2D eigenvalue weighted by Gasteiger charge is 2.04. The number of carboxylic acids is 2. The topological polar surface area (TPSA) is 135 Å². The van der Waals surface area contributed by atoms with Gasteiger partial charge in [-0.25, -0.2) is 24.5 Å². The molecule has 0 aliphatic rings. The SMILES string of the molecule is COc1ccc(CNc2ncncn2)cc1.O=C(O)C(=O)O. The van der Waals surface area contributed by atoms with Gasteiger partial charge in [0.1, 0.15) is 18.4 Å². The summed E-state index contributed by atoms with van der Waals surface area (Å²) in [6, 6.07) is 7.83. The summed E-state index contributed by atoms with van der Waals surface area (Å²) >= 11 is 0. The lowest BCUT2D eigenvalue weighted by atomic mass is 10.2. The second kappa shape index (κ2) is 8.84. The average molecular weight is 306 g/mol. The summed E-state index contributed by atoms with van der Waals surface area (Å²) in [5.41, 5.74) is 1.14. The van der Waals surface area contributed by atoms with Crippen LogP contribution < -0.4 is 10.1 Å². The highest BCUT2D eigenvalue weighted by atomic mass is 16.5. The van der Waals surface area contributed by atoms with E-state index in [1.54, 1.807) is 7.11 Å². The molecule has 0 unspecified atom stereocenters. The van der Waals surface area contributed by atoms with Gasteiger partial charge in [-0.2, -0.15) is 0 Å². The van der Waals surface area contributed by atoms with Crippen LogP contribution in [0.25, 0.3) is 0 Å². The molecule has 0 radical (unpaired) electrons. The molecule has 1 aromatic heterocycles. The highest BCUT2D eigenvalue weighted by molar-refractivity contribution is 6.27. The summed E-state index contributed by atoms with van der Waals surface area (Å²) in [5.74, 6) is -2.22. The van der Waals surface area contributed by atoms with E-state index in [0.717, 1.165) is 11.3 Å². The fraction of sp³-hybridized carbons (Fsp3) is 0.154. The zero-order valence-corrected chi connectivity index (χ0v) is 11.6. The molecule has 1 heterocycles. The number of aromatic nitrogens is 3. The third-order valence-electron chi connectivity index (χ3n) is 2.29. The van der Waals surface area contributed by atoms with Crippen molar-refractivity contribution in [2.24, 2.45) is 0 Å². The third kappa shape index (κ3) is 6.28. The maximum atomic E-state index is 9.10. The van der Waals surface area contributed by atoms with Crippen LogP contribution in [0.15, 0.2) is 36.9 Å². The van der Waals surface area contributed by atoms with Crippen molar-refractivity contribution in [1.82, 2.24) is 15.0 Å². The molecule has 0 saturated heterocycles. The number of nitrogens with zero attached hydrogens (tertiary/aromatic N) is 3. The van der Waals surface area contributed by atoms with Gasteiger partial charge in [-0.05, 0) is 17.7 Å². The average Bonchev–Trinajstić information content (AvgIpc) is 2.55. The summed E-state index contributed by atoms with van der Waals surface area (Å²) < 4.78 is 5.08. The maximum absolute atomic E-state index is 9.10. The van der Waals surface area contributed by atoms with Crippen molar-refractivity contribution in [1.29, 1.82) is 0 Å². The molecule has 0 fully saturated rings. The molecule has 0 amide bonds. The van der Waals surface area contributed by atoms with Crippen LogP contribution in [0.3, 0.4) is 0 Å². The lowest BCUT2D eigenvalue weighted by Gasteiger charge is -2.05. The minimum Gasteiger partial charge on any atom is -0.497 e. The fourth-order valence-corrected chi connectivity index (χ4v) is 1.25. The molecule has 9 heteroatoms. The molecule has 2 aromatic rings. The van der Waals surface area contributed by atoms with Crippen LogP contribution in [0.5, 0.6) is 5.75 Å². The zero-order chi connectivity index (χ0) is 16.4. The van der Waals surface area contributed by atoms with Crippen LogP contribution in [0.1, 0.15) is 5.56 Å². The molecule has 9 nitrogen and oxygen atoms in total. The second-order valence-corrected chi connectivity index (χ2v) is 3.77. The van der Waals surface area contributed by atoms with Gasteiger partial charge in [0.05, 0.1) is 7.11 Å². The molecule has 116 valence electrons. The Balaban J connectivity index is 0.000000346. The highest BCUT2D eigenvalue weighted by Crippen LogP contribution is 2.11. The monoisotopic (exact) mass is 306 g/mol. The number of rotatable bonds is 4. The van der Waals surface area contributed by atoms with Gasteiger partial charge >= 0.3 is 11.9 Å². The molecule has 0 atom stereocenters. The Bertz CT molecular complexity index is 592. The number of benzene rings is 1. The maximum Gasteiger partial charge on any atom is 0.414 e. The number of hydrogen-bond acceptors (Lipinski definition) is 7. The predicted molar refractivity (Wildman–Crippen MR) is 75.4 cm³/mol. The van der Waals surface area contributed by atoms with Crippen LogP contribution in [0, 0.1) is 0 Å². The molecule has 0 spiro atoms. The van der Waals surface area contributed by atoms with E-state index < -0.39 is 11.9 Å². The standard InChI is InChI=1S/C11H12N4O.C2H2O4/c1-16-10-4-2-9(3-5-10)6-13-11-14-7-12-8-15-11;3-1(4)2(5)6/h2-5,7-8H,6H2,1H3,(H,12,13,14,15);(H,3,4)(H,5,6). The van der Waals surface area contributed by atoms with E-state index in [9.17, 15) is 0 Å². The number of methoxy groups -OCH3 is 1. The van der Waals surface area contributed by atoms with Gasteiger partial charge in [-0.1, -0.05) is 12.1 Å². The first-order chi connectivity index (χ1) is 10.5. The van der Waals surface area contributed by atoms with E-state index in [-0.39, 0.29) is 0 Å². The predicted octanol–water partition coefficient (Wildman–Crippen LogP) is 0.648. The number of anilines is 1. The lowest BCUT2D eigenvalue weighted by Crippen LogP contribution is -2.09. The Morgan fingerprint density at radius 3 is 2.09 bits per heavy atom. The first-order valence-corrected chi connectivity index (χ1v) is 5.98. The van der Waals surface area contributed by atoms with Crippen molar-refractivity contribution in [2.75, 3.05) is 12.4 Å². The van der Waals surface area contributed by atoms with Crippen LogP contribution >= 0.6 is 0 Å². The first kappa shape index (κ1) is 16.8. The molecular formula is C13H14N4O5. The second-order valence-electron chi connectivity index (χ2n) is 3.77. The Kier molecular flexibility index (Phi) is 6.76. The van der Waals surface area contributed by atoms with Gasteiger partial charge in [0.15, 0.2) is 0 Å². The van der Waals surface area contributed by atoms with Crippen molar-refractivity contribution in [3.8, 4) is 5.75 Å². The van der Waals surface area contributed by atoms with Crippen molar-refractivity contribution >= 4 is 17.9 Å². The van der Waals surface area contributed by atoms with Crippen LogP contribution in [0.2, 0.25) is 0 Å². The summed E-state index contributed by atoms with van der Waals surface area (Å²) in [7, 11) is 1.65. The lowest BCUT2D eigenvalue weighted by molar-refractivity contribution is -0.159. The molecular weight excluding hydrogens is 292 g/mol. The fourth-order valence-electron chi connectivity index (χ4n) is 1.25. The number of aliphatic carboxylic acids is 2. The Hall–Kier alpha value is -3.23. The molecule has 0 aliphatic heterocycles. The summed E-state index contributed by atoms with van der Waals surface area (Å²) in [6.07, 6.45) is 2.92. The molecule has 0 saturated carbocycles. The van der Waals surface area contributed by atoms with E-state index >= 15 is 0 Å². The van der Waals surface area contributed by atoms with Gasteiger partial charge < -0.3 is 20.3 Å². The minimum absolute atomic E-state index is 0.575. The summed E-state index contributed by atoms with van der Waals surface area (Å²) in [4.78, 5) is 29.9. The Morgan fingerprint density at radius 2 is 1.64 bits per heavy atom. The zero-order valence-electron chi connectivity index (χ0n) is 11.6. The quantitative estimate of drug-likeness (QED) is 0.695. The molecule has 3 N–H and O–H groups in total. The largest absolute Gasteiger partial charge is 0.497 e. The molecule has 2 rings (SSSR count). The van der Waals surface area contributed by atoms with Crippen molar-refractivity contribution < 1.29 is 24.5 Å². The van der Waals surface area contributed by atoms with Gasteiger partial charge in [0.2, 0.25) is 5.95 Å². The number of carbonyl (C=O) groups is 2. The van der Waals surface area contributed by atoms with E-state index in [4.69, 9.17) is 24.5 Å². The van der Waals surface area contributed by atoms with Crippen LogP contribution in [-0.2, 0) is 16.1 Å². The normalized spacial score (nSPS) is 9.14.